The number of H-pyrrole nitrogens is 1. The molecule has 154 valence electrons. The van der Waals surface area contributed by atoms with E-state index in [1.807, 2.05) is 42.5 Å². The van der Waals surface area contributed by atoms with E-state index in [1.165, 1.54) is 0 Å². The summed E-state index contributed by atoms with van der Waals surface area (Å²) in [7, 11) is 0. The molecule has 1 unspecified atom stereocenters. The number of aromatic nitrogens is 1. The minimum atomic E-state index is -0.106. The second-order valence-electron chi connectivity index (χ2n) is 7.66. The molecular weight excluding hydrogens is 378 g/mol. The Labute approximate surface area is 174 Å². The third kappa shape index (κ3) is 4.20. The maximum Gasteiger partial charge on any atom is 0.251 e. The number of nitrogen functional groups attached to an aromatic ring is 1. The second kappa shape index (κ2) is 8.41. The van der Waals surface area contributed by atoms with Crippen molar-refractivity contribution in [1.82, 2.24) is 15.6 Å². The molecule has 4 rings (SSSR count). The number of rotatable bonds is 6. The summed E-state index contributed by atoms with van der Waals surface area (Å²) in [5, 5.41) is 14.4. The SMILES string of the molecule is N=C(N)c1c[nH]c2ccc(CCNC(=O)c3ccc(C4CCC(=O)NC4)cc3)cc12. The van der Waals surface area contributed by atoms with Gasteiger partial charge in [-0.2, -0.15) is 0 Å². The van der Waals surface area contributed by atoms with Crippen molar-refractivity contribution in [3.8, 4) is 0 Å². The first-order valence-corrected chi connectivity index (χ1v) is 10.1. The van der Waals surface area contributed by atoms with E-state index < -0.39 is 0 Å². The van der Waals surface area contributed by atoms with E-state index in [2.05, 4.69) is 15.6 Å². The molecule has 2 amide bonds. The summed E-state index contributed by atoms with van der Waals surface area (Å²) in [6, 6.07) is 13.6. The maximum atomic E-state index is 12.5. The van der Waals surface area contributed by atoms with Crippen LogP contribution in [0, 0.1) is 5.41 Å². The normalized spacial score (nSPS) is 16.3. The molecule has 2 heterocycles. The zero-order valence-corrected chi connectivity index (χ0v) is 16.6. The Morgan fingerprint density at radius 2 is 2.00 bits per heavy atom. The fourth-order valence-corrected chi connectivity index (χ4v) is 3.89. The number of amidine groups is 1. The van der Waals surface area contributed by atoms with E-state index in [0.29, 0.717) is 43.0 Å². The number of benzene rings is 2. The molecule has 3 aromatic rings. The first-order valence-electron chi connectivity index (χ1n) is 10.1. The third-order valence-corrected chi connectivity index (χ3v) is 5.65. The van der Waals surface area contributed by atoms with Gasteiger partial charge in [0.1, 0.15) is 5.84 Å². The van der Waals surface area contributed by atoms with Crippen molar-refractivity contribution >= 4 is 28.6 Å². The molecule has 1 saturated heterocycles. The molecule has 1 fully saturated rings. The van der Waals surface area contributed by atoms with Gasteiger partial charge in [-0.15, -0.1) is 0 Å². The lowest BCUT2D eigenvalue weighted by molar-refractivity contribution is -0.122. The average molecular weight is 403 g/mol. The van der Waals surface area contributed by atoms with Crippen LogP contribution in [0.4, 0.5) is 0 Å². The smallest absolute Gasteiger partial charge is 0.251 e. The van der Waals surface area contributed by atoms with E-state index in [9.17, 15) is 9.59 Å². The number of hydrogen-bond donors (Lipinski definition) is 5. The van der Waals surface area contributed by atoms with Crippen LogP contribution in [0.5, 0.6) is 0 Å². The quantitative estimate of drug-likeness (QED) is 0.321. The minimum Gasteiger partial charge on any atom is -0.384 e. The Bertz CT molecular complexity index is 1090. The van der Waals surface area contributed by atoms with Crippen molar-refractivity contribution in [3.05, 3.63) is 70.9 Å². The van der Waals surface area contributed by atoms with Gasteiger partial charge >= 0.3 is 0 Å². The lowest BCUT2D eigenvalue weighted by Gasteiger charge is -2.22. The molecule has 30 heavy (non-hydrogen) atoms. The molecule has 1 atom stereocenters. The van der Waals surface area contributed by atoms with Crippen LogP contribution in [-0.2, 0) is 11.2 Å². The van der Waals surface area contributed by atoms with Gasteiger partial charge in [0.25, 0.3) is 5.91 Å². The summed E-state index contributed by atoms with van der Waals surface area (Å²) >= 11 is 0. The lowest BCUT2D eigenvalue weighted by atomic mass is 9.91. The van der Waals surface area contributed by atoms with E-state index >= 15 is 0 Å². The van der Waals surface area contributed by atoms with Gasteiger partial charge in [-0.1, -0.05) is 18.2 Å². The molecule has 0 saturated carbocycles. The van der Waals surface area contributed by atoms with Crippen molar-refractivity contribution < 1.29 is 9.59 Å². The van der Waals surface area contributed by atoms with Gasteiger partial charge in [0.05, 0.1) is 0 Å². The third-order valence-electron chi connectivity index (χ3n) is 5.65. The number of carbonyl (C=O) groups is 2. The summed E-state index contributed by atoms with van der Waals surface area (Å²) in [6.07, 6.45) is 3.82. The molecular formula is C23H25N5O2. The number of aromatic amines is 1. The molecule has 0 bridgehead atoms. The van der Waals surface area contributed by atoms with E-state index in [0.717, 1.165) is 28.5 Å². The highest BCUT2D eigenvalue weighted by Gasteiger charge is 2.19. The van der Waals surface area contributed by atoms with E-state index in [-0.39, 0.29) is 17.6 Å². The largest absolute Gasteiger partial charge is 0.384 e. The summed E-state index contributed by atoms with van der Waals surface area (Å²) < 4.78 is 0. The molecule has 1 aromatic heterocycles. The molecule has 0 aliphatic carbocycles. The number of nitrogens with two attached hydrogens (primary N) is 1. The number of hydrogen-bond acceptors (Lipinski definition) is 3. The van der Waals surface area contributed by atoms with Gasteiger partial charge in [-0.3, -0.25) is 15.0 Å². The van der Waals surface area contributed by atoms with E-state index in [1.54, 1.807) is 6.20 Å². The lowest BCUT2D eigenvalue weighted by Crippen LogP contribution is -2.33. The number of fused-ring (bicyclic) bond motifs is 1. The van der Waals surface area contributed by atoms with Crippen molar-refractivity contribution in [2.24, 2.45) is 5.73 Å². The highest BCUT2D eigenvalue weighted by molar-refractivity contribution is 6.07. The van der Waals surface area contributed by atoms with Gasteiger partial charge in [0.15, 0.2) is 0 Å². The Morgan fingerprint density at radius 1 is 1.20 bits per heavy atom. The standard InChI is InChI=1S/C23H25N5O2/c24-22(25)19-13-27-20-7-1-14(11-18(19)20)9-10-26-23(30)16-4-2-15(3-5-16)17-6-8-21(29)28-12-17/h1-5,7,11,13,17,27H,6,8-10,12H2,(H3,24,25)(H,26,30)(H,28,29). The minimum absolute atomic E-state index is 0.0331. The average Bonchev–Trinajstić information content (AvgIpc) is 3.18. The van der Waals surface area contributed by atoms with Crippen LogP contribution < -0.4 is 16.4 Å². The van der Waals surface area contributed by atoms with Crippen molar-refractivity contribution in [2.45, 2.75) is 25.2 Å². The van der Waals surface area contributed by atoms with Gasteiger partial charge in [0.2, 0.25) is 5.91 Å². The summed E-state index contributed by atoms with van der Waals surface area (Å²) in [5.41, 5.74) is 10.1. The summed E-state index contributed by atoms with van der Waals surface area (Å²) in [6.45, 7) is 1.17. The number of carbonyl (C=O) groups excluding carboxylic acids is 2. The zero-order chi connectivity index (χ0) is 21.1. The van der Waals surface area contributed by atoms with Crippen LogP contribution in [-0.4, -0.2) is 35.7 Å². The highest BCUT2D eigenvalue weighted by atomic mass is 16.2. The fourth-order valence-electron chi connectivity index (χ4n) is 3.89. The molecule has 0 spiro atoms. The van der Waals surface area contributed by atoms with Crippen LogP contribution in [0.1, 0.15) is 45.8 Å². The summed E-state index contributed by atoms with van der Waals surface area (Å²) in [5.74, 6) is 0.342. The first kappa shape index (κ1) is 19.7. The predicted octanol–water partition coefficient (Wildman–Crippen LogP) is 2.42. The Hall–Kier alpha value is -3.61. The van der Waals surface area contributed by atoms with Gasteiger partial charge in [0, 0.05) is 53.7 Å². The summed E-state index contributed by atoms with van der Waals surface area (Å²) in [4.78, 5) is 26.9. The molecule has 7 heteroatoms. The van der Waals surface area contributed by atoms with Gasteiger partial charge in [-0.25, -0.2) is 0 Å². The van der Waals surface area contributed by atoms with Crippen LogP contribution in [0.2, 0.25) is 0 Å². The van der Waals surface area contributed by atoms with Crippen LogP contribution in [0.3, 0.4) is 0 Å². The van der Waals surface area contributed by atoms with Crippen LogP contribution in [0.15, 0.2) is 48.7 Å². The molecule has 6 N–H and O–H groups in total. The zero-order valence-electron chi connectivity index (χ0n) is 16.6. The van der Waals surface area contributed by atoms with E-state index in [4.69, 9.17) is 11.1 Å². The number of nitrogens with one attached hydrogen (secondary N) is 4. The number of amides is 2. The highest BCUT2D eigenvalue weighted by Crippen LogP contribution is 2.24. The Morgan fingerprint density at radius 3 is 2.70 bits per heavy atom. The van der Waals surface area contributed by atoms with Crippen molar-refractivity contribution in [2.75, 3.05) is 13.1 Å². The molecule has 1 aliphatic rings. The first-order chi connectivity index (χ1) is 14.5. The molecule has 7 nitrogen and oxygen atoms in total. The fraction of sp³-hybridized carbons (Fsp3) is 0.261. The predicted molar refractivity (Wildman–Crippen MR) is 117 cm³/mol. The molecule has 2 aromatic carbocycles. The van der Waals surface area contributed by atoms with Gasteiger partial charge in [-0.05, 0) is 48.2 Å². The maximum absolute atomic E-state index is 12.5. The topological polar surface area (TPSA) is 124 Å². The Kier molecular flexibility index (Phi) is 5.52. The van der Waals surface area contributed by atoms with Crippen LogP contribution >= 0.6 is 0 Å². The Balaban J connectivity index is 1.33. The monoisotopic (exact) mass is 403 g/mol. The van der Waals surface area contributed by atoms with Crippen LogP contribution in [0.25, 0.3) is 10.9 Å². The van der Waals surface area contributed by atoms with Crippen molar-refractivity contribution in [1.29, 1.82) is 5.41 Å². The molecule has 1 aliphatic heterocycles. The second-order valence-corrected chi connectivity index (χ2v) is 7.66. The van der Waals surface area contributed by atoms with Crippen molar-refractivity contribution in [3.63, 3.8) is 0 Å². The van der Waals surface area contributed by atoms with Gasteiger partial charge < -0.3 is 21.4 Å². The number of piperidine rings is 1. The molecule has 0 radical (unpaired) electrons.